The fourth-order valence-electron chi connectivity index (χ4n) is 2.69. The standard InChI is InChI=1S/C18H11BrN4O3S/c19-12-1-3-15-14(7-12)11(8-20-15)9-21-22-18(24)17-6-10-5-13(23(25)26)2-4-16(10)27-17/h1-9,20H,(H,22,24)/b21-9-. The minimum absolute atomic E-state index is 0.00391. The highest BCUT2D eigenvalue weighted by molar-refractivity contribution is 9.10. The van der Waals surface area contributed by atoms with E-state index in [9.17, 15) is 14.9 Å². The first-order valence-electron chi connectivity index (χ1n) is 7.79. The summed E-state index contributed by atoms with van der Waals surface area (Å²) in [6.45, 7) is 0. The average molecular weight is 443 g/mol. The highest BCUT2D eigenvalue weighted by Crippen LogP contribution is 2.29. The van der Waals surface area contributed by atoms with Gasteiger partial charge in [-0.15, -0.1) is 11.3 Å². The van der Waals surface area contributed by atoms with Gasteiger partial charge in [0.2, 0.25) is 0 Å². The highest BCUT2D eigenvalue weighted by atomic mass is 79.9. The molecule has 0 aliphatic rings. The number of aromatic nitrogens is 1. The van der Waals surface area contributed by atoms with Gasteiger partial charge in [0.25, 0.3) is 11.6 Å². The number of nitrogens with one attached hydrogen (secondary N) is 2. The predicted octanol–water partition coefficient (Wildman–Crippen LogP) is 4.82. The van der Waals surface area contributed by atoms with Crippen molar-refractivity contribution in [3.63, 3.8) is 0 Å². The van der Waals surface area contributed by atoms with Crippen molar-refractivity contribution in [2.75, 3.05) is 0 Å². The van der Waals surface area contributed by atoms with Crippen molar-refractivity contribution >= 4 is 66.1 Å². The molecule has 134 valence electrons. The number of amides is 1. The minimum atomic E-state index is -0.458. The largest absolute Gasteiger partial charge is 0.361 e. The fourth-order valence-corrected chi connectivity index (χ4v) is 3.99. The normalized spacial score (nSPS) is 11.4. The SMILES string of the molecule is O=C(N/N=C\c1c[nH]c2ccc(Br)cc12)c1cc2cc([N+](=O)[O-])ccc2s1. The number of thiophene rings is 1. The molecule has 0 aliphatic heterocycles. The summed E-state index contributed by atoms with van der Waals surface area (Å²) in [5.41, 5.74) is 4.31. The number of H-pyrrole nitrogens is 1. The number of nitro groups is 1. The van der Waals surface area contributed by atoms with Crippen LogP contribution in [0.3, 0.4) is 0 Å². The van der Waals surface area contributed by atoms with E-state index < -0.39 is 4.92 Å². The molecule has 2 aromatic heterocycles. The van der Waals surface area contributed by atoms with Gasteiger partial charge in [0.15, 0.2) is 0 Å². The number of halogens is 1. The number of hydrogen-bond acceptors (Lipinski definition) is 5. The van der Waals surface area contributed by atoms with Crippen molar-refractivity contribution < 1.29 is 9.72 Å². The van der Waals surface area contributed by atoms with E-state index in [2.05, 4.69) is 31.4 Å². The van der Waals surface area contributed by atoms with Crippen molar-refractivity contribution in [3.05, 3.63) is 73.7 Å². The van der Waals surface area contributed by atoms with Crippen LogP contribution in [-0.2, 0) is 0 Å². The summed E-state index contributed by atoms with van der Waals surface area (Å²) in [6.07, 6.45) is 3.38. The first kappa shape index (κ1) is 17.4. The Balaban J connectivity index is 1.53. The molecule has 0 spiro atoms. The van der Waals surface area contributed by atoms with Crippen LogP contribution in [0.15, 0.2) is 58.2 Å². The molecule has 9 heteroatoms. The third-order valence-corrected chi connectivity index (χ3v) is 5.59. The van der Waals surface area contributed by atoms with Gasteiger partial charge in [0.05, 0.1) is 16.0 Å². The van der Waals surface area contributed by atoms with Crippen LogP contribution >= 0.6 is 27.3 Å². The Labute approximate surface area is 165 Å². The highest BCUT2D eigenvalue weighted by Gasteiger charge is 2.13. The van der Waals surface area contributed by atoms with Crippen molar-refractivity contribution in [2.24, 2.45) is 5.10 Å². The van der Waals surface area contributed by atoms with Crippen LogP contribution in [0.5, 0.6) is 0 Å². The molecule has 0 atom stereocenters. The molecule has 2 aromatic carbocycles. The Morgan fingerprint density at radius 3 is 2.93 bits per heavy atom. The smallest absolute Gasteiger partial charge is 0.281 e. The first-order chi connectivity index (χ1) is 13.0. The van der Waals surface area contributed by atoms with Crippen molar-refractivity contribution in [1.29, 1.82) is 0 Å². The zero-order valence-electron chi connectivity index (χ0n) is 13.6. The summed E-state index contributed by atoms with van der Waals surface area (Å²) < 4.78 is 1.75. The minimum Gasteiger partial charge on any atom is -0.361 e. The Bertz CT molecular complexity index is 1230. The van der Waals surface area contributed by atoms with Crippen LogP contribution < -0.4 is 5.43 Å². The number of benzene rings is 2. The van der Waals surface area contributed by atoms with Crippen molar-refractivity contribution in [1.82, 2.24) is 10.4 Å². The van der Waals surface area contributed by atoms with Crippen LogP contribution in [0.1, 0.15) is 15.2 Å². The predicted molar refractivity (Wildman–Crippen MR) is 110 cm³/mol. The van der Waals surface area contributed by atoms with Gasteiger partial charge in [0.1, 0.15) is 0 Å². The van der Waals surface area contributed by atoms with Gasteiger partial charge in [-0.05, 0) is 30.3 Å². The lowest BCUT2D eigenvalue weighted by Gasteiger charge is -1.96. The second kappa shape index (κ2) is 6.93. The molecule has 4 aromatic rings. The molecular weight excluding hydrogens is 432 g/mol. The third kappa shape index (κ3) is 3.46. The molecule has 0 saturated heterocycles. The summed E-state index contributed by atoms with van der Waals surface area (Å²) in [5.74, 6) is -0.365. The summed E-state index contributed by atoms with van der Waals surface area (Å²) in [6, 6.07) is 12.0. The zero-order valence-corrected chi connectivity index (χ0v) is 16.0. The average Bonchev–Trinajstić information content (AvgIpc) is 3.25. The van der Waals surface area contributed by atoms with E-state index in [4.69, 9.17) is 0 Å². The van der Waals surface area contributed by atoms with E-state index in [1.165, 1.54) is 23.5 Å². The quantitative estimate of drug-likeness (QED) is 0.269. The van der Waals surface area contributed by atoms with Gasteiger partial charge in [0, 0.05) is 49.4 Å². The first-order valence-corrected chi connectivity index (χ1v) is 9.40. The maximum atomic E-state index is 12.3. The molecule has 2 N–H and O–H groups in total. The molecule has 2 heterocycles. The van der Waals surface area contributed by atoms with Gasteiger partial charge < -0.3 is 4.98 Å². The second-order valence-electron chi connectivity index (χ2n) is 5.72. The number of fused-ring (bicyclic) bond motifs is 2. The molecule has 0 fully saturated rings. The zero-order chi connectivity index (χ0) is 19.0. The van der Waals surface area contributed by atoms with E-state index in [0.717, 1.165) is 25.6 Å². The van der Waals surface area contributed by atoms with Crippen LogP contribution in [-0.4, -0.2) is 22.0 Å². The lowest BCUT2D eigenvalue weighted by Crippen LogP contribution is -2.16. The molecule has 1 amide bonds. The van der Waals surface area contributed by atoms with E-state index in [1.807, 2.05) is 24.4 Å². The number of nitrogens with zero attached hydrogens (tertiary/aromatic N) is 2. The Kier molecular flexibility index (Phi) is 4.46. The maximum absolute atomic E-state index is 12.3. The number of carbonyl (C=O) groups is 1. The number of nitro benzene ring substituents is 1. The van der Waals surface area contributed by atoms with Gasteiger partial charge in [-0.25, -0.2) is 5.43 Å². The summed E-state index contributed by atoms with van der Waals surface area (Å²) in [5, 5.41) is 16.5. The van der Waals surface area contributed by atoms with Gasteiger partial charge in [-0.2, -0.15) is 5.10 Å². The molecule has 4 rings (SSSR count). The summed E-state index contributed by atoms with van der Waals surface area (Å²) in [4.78, 5) is 26.3. The van der Waals surface area contributed by atoms with Crippen molar-refractivity contribution in [2.45, 2.75) is 0 Å². The Morgan fingerprint density at radius 2 is 2.11 bits per heavy atom. The Morgan fingerprint density at radius 1 is 1.26 bits per heavy atom. The second-order valence-corrected chi connectivity index (χ2v) is 7.72. The van der Waals surface area contributed by atoms with Crippen LogP contribution in [0, 0.1) is 10.1 Å². The molecule has 0 bridgehead atoms. The Hall–Kier alpha value is -3.04. The van der Waals surface area contributed by atoms with Gasteiger partial charge in [-0.3, -0.25) is 14.9 Å². The molecule has 0 unspecified atom stereocenters. The summed E-state index contributed by atoms with van der Waals surface area (Å²) in [7, 11) is 0. The molecular formula is C18H11BrN4O3S. The molecule has 0 radical (unpaired) electrons. The van der Waals surface area contributed by atoms with Crippen molar-refractivity contribution in [3.8, 4) is 0 Å². The molecule has 27 heavy (non-hydrogen) atoms. The molecule has 0 aliphatic carbocycles. The monoisotopic (exact) mass is 442 g/mol. The van der Waals surface area contributed by atoms with Crippen LogP contribution in [0.4, 0.5) is 5.69 Å². The lowest BCUT2D eigenvalue weighted by molar-refractivity contribution is -0.384. The third-order valence-electron chi connectivity index (χ3n) is 3.98. The number of hydrogen-bond donors (Lipinski definition) is 2. The van der Waals surface area contributed by atoms with Gasteiger partial charge in [-0.1, -0.05) is 15.9 Å². The van der Waals surface area contributed by atoms with E-state index in [0.29, 0.717) is 10.3 Å². The number of aromatic amines is 1. The maximum Gasteiger partial charge on any atom is 0.281 e. The fraction of sp³-hybridized carbons (Fsp3) is 0. The summed E-state index contributed by atoms with van der Waals surface area (Å²) >= 11 is 4.69. The van der Waals surface area contributed by atoms with E-state index in [1.54, 1.807) is 18.3 Å². The number of hydrazone groups is 1. The topological polar surface area (TPSA) is 100 Å². The van der Waals surface area contributed by atoms with E-state index >= 15 is 0 Å². The molecule has 7 nitrogen and oxygen atoms in total. The van der Waals surface area contributed by atoms with E-state index in [-0.39, 0.29) is 11.6 Å². The molecule has 0 saturated carbocycles. The van der Waals surface area contributed by atoms with Crippen LogP contribution in [0.2, 0.25) is 0 Å². The van der Waals surface area contributed by atoms with Crippen LogP contribution in [0.25, 0.3) is 21.0 Å². The lowest BCUT2D eigenvalue weighted by atomic mass is 10.2. The number of non-ortho nitro benzene ring substituents is 1. The van der Waals surface area contributed by atoms with Gasteiger partial charge >= 0.3 is 0 Å². The number of carbonyl (C=O) groups excluding carboxylic acids is 1. The number of rotatable bonds is 4.